The third kappa shape index (κ3) is 5.57. The van der Waals surface area contributed by atoms with Crippen LogP contribution in [0.3, 0.4) is 0 Å². The van der Waals surface area contributed by atoms with Crippen molar-refractivity contribution in [3.05, 3.63) is 30.3 Å². The number of alkyl halides is 1. The standard InChI is InChI=1S/C12H15BrO2/c13-10-6-2-5-9-12(14)15-11-7-3-1-4-8-11/h1,3-4,7-8H,2,5-6,9-10H2. The van der Waals surface area contributed by atoms with E-state index in [1.165, 1.54) is 0 Å². The molecule has 0 fully saturated rings. The average Bonchev–Trinajstić information content (AvgIpc) is 2.26. The number of hydrogen-bond donors (Lipinski definition) is 0. The highest BCUT2D eigenvalue weighted by Gasteiger charge is 2.03. The Bertz CT molecular complexity index is 285. The van der Waals surface area contributed by atoms with Crippen molar-refractivity contribution in [2.24, 2.45) is 0 Å². The van der Waals surface area contributed by atoms with Crippen LogP contribution in [0.1, 0.15) is 25.7 Å². The van der Waals surface area contributed by atoms with E-state index in [0.29, 0.717) is 12.2 Å². The molecule has 0 N–H and O–H groups in total. The van der Waals surface area contributed by atoms with Gasteiger partial charge in [0.15, 0.2) is 0 Å². The molecule has 0 aliphatic rings. The quantitative estimate of drug-likeness (QED) is 0.342. The summed E-state index contributed by atoms with van der Waals surface area (Å²) in [5, 5.41) is 1.00. The van der Waals surface area contributed by atoms with Crippen LogP contribution in [0.15, 0.2) is 30.3 Å². The maximum absolute atomic E-state index is 11.3. The van der Waals surface area contributed by atoms with Crippen molar-refractivity contribution in [3.63, 3.8) is 0 Å². The van der Waals surface area contributed by atoms with Crippen molar-refractivity contribution in [2.45, 2.75) is 25.7 Å². The molecule has 1 rings (SSSR count). The van der Waals surface area contributed by atoms with Gasteiger partial charge in [-0.3, -0.25) is 4.79 Å². The largest absolute Gasteiger partial charge is 0.427 e. The molecular formula is C12H15BrO2. The van der Waals surface area contributed by atoms with Gasteiger partial charge in [0.2, 0.25) is 0 Å². The van der Waals surface area contributed by atoms with Gasteiger partial charge in [0.25, 0.3) is 0 Å². The number of benzene rings is 1. The number of esters is 1. The Morgan fingerprint density at radius 3 is 2.53 bits per heavy atom. The molecule has 0 amide bonds. The predicted molar refractivity (Wildman–Crippen MR) is 64.3 cm³/mol. The molecule has 0 saturated heterocycles. The lowest BCUT2D eigenvalue weighted by atomic mass is 10.2. The van der Waals surface area contributed by atoms with E-state index in [4.69, 9.17) is 4.74 Å². The van der Waals surface area contributed by atoms with E-state index < -0.39 is 0 Å². The summed E-state index contributed by atoms with van der Waals surface area (Å²) in [6, 6.07) is 9.18. The highest BCUT2D eigenvalue weighted by atomic mass is 79.9. The lowest BCUT2D eigenvalue weighted by Gasteiger charge is -2.03. The number of carbonyl (C=O) groups is 1. The number of para-hydroxylation sites is 1. The third-order valence-corrected chi connectivity index (χ3v) is 2.55. The van der Waals surface area contributed by atoms with Crippen molar-refractivity contribution in [1.29, 1.82) is 0 Å². The fourth-order valence-electron chi connectivity index (χ4n) is 1.21. The molecule has 0 unspecified atom stereocenters. The maximum Gasteiger partial charge on any atom is 0.311 e. The minimum Gasteiger partial charge on any atom is -0.427 e. The average molecular weight is 271 g/mol. The molecule has 0 saturated carbocycles. The molecule has 1 aromatic carbocycles. The summed E-state index contributed by atoms with van der Waals surface area (Å²) in [5.74, 6) is 0.485. The monoisotopic (exact) mass is 270 g/mol. The number of ether oxygens (including phenoxy) is 1. The van der Waals surface area contributed by atoms with Gasteiger partial charge in [0, 0.05) is 11.8 Å². The predicted octanol–water partition coefficient (Wildman–Crippen LogP) is 3.55. The molecule has 15 heavy (non-hydrogen) atoms. The fraction of sp³-hybridized carbons (Fsp3) is 0.417. The summed E-state index contributed by atoms with van der Waals surface area (Å²) in [7, 11) is 0. The number of rotatable bonds is 6. The van der Waals surface area contributed by atoms with E-state index in [1.54, 1.807) is 12.1 Å². The molecule has 3 heteroatoms. The maximum atomic E-state index is 11.3. The Labute approximate surface area is 98.8 Å². The second-order valence-corrected chi connectivity index (χ2v) is 4.08. The SMILES string of the molecule is O=C(CCCCCBr)Oc1ccccc1. The minimum absolute atomic E-state index is 0.143. The highest BCUT2D eigenvalue weighted by Crippen LogP contribution is 2.10. The van der Waals surface area contributed by atoms with Crippen molar-refractivity contribution >= 4 is 21.9 Å². The first kappa shape index (κ1) is 12.2. The molecule has 0 aliphatic heterocycles. The third-order valence-electron chi connectivity index (χ3n) is 1.99. The first-order chi connectivity index (χ1) is 7.33. The van der Waals surface area contributed by atoms with Crippen molar-refractivity contribution in [3.8, 4) is 5.75 Å². The van der Waals surface area contributed by atoms with Crippen LogP contribution in [0, 0.1) is 0 Å². The van der Waals surface area contributed by atoms with Gasteiger partial charge in [-0.25, -0.2) is 0 Å². The van der Waals surface area contributed by atoms with Crippen molar-refractivity contribution < 1.29 is 9.53 Å². The summed E-state index contributed by atoms with van der Waals surface area (Å²) in [6.45, 7) is 0. The lowest BCUT2D eigenvalue weighted by molar-refractivity contribution is -0.134. The van der Waals surface area contributed by atoms with Gasteiger partial charge in [-0.05, 0) is 25.0 Å². The van der Waals surface area contributed by atoms with Crippen LogP contribution < -0.4 is 4.74 Å². The molecule has 0 atom stereocenters. The Morgan fingerprint density at radius 2 is 1.87 bits per heavy atom. The summed E-state index contributed by atoms with van der Waals surface area (Å²) in [6.07, 6.45) is 3.58. The molecule has 0 radical (unpaired) electrons. The van der Waals surface area contributed by atoms with Crippen LogP contribution in [0.5, 0.6) is 5.75 Å². The smallest absolute Gasteiger partial charge is 0.311 e. The summed E-state index contributed by atoms with van der Waals surface area (Å²) in [5.41, 5.74) is 0. The summed E-state index contributed by atoms with van der Waals surface area (Å²) < 4.78 is 5.14. The second kappa shape index (κ2) is 7.46. The summed E-state index contributed by atoms with van der Waals surface area (Å²) >= 11 is 3.35. The Morgan fingerprint density at radius 1 is 1.13 bits per heavy atom. The lowest BCUT2D eigenvalue weighted by Crippen LogP contribution is -2.07. The Kier molecular flexibility index (Phi) is 6.09. The molecule has 0 aliphatic carbocycles. The number of hydrogen-bond acceptors (Lipinski definition) is 2. The first-order valence-electron chi connectivity index (χ1n) is 5.14. The van der Waals surface area contributed by atoms with Gasteiger partial charge in [0.05, 0.1) is 0 Å². The van der Waals surface area contributed by atoms with E-state index in [9.17, 15) is 4.79 Å². The van der Waals surface area contributed by atoms with Gasteiger partial charge in [-0.2, -0.15) is 0 Å². The molecule has 82 valence electrons. The van der Waals surface area contributed by atoms with Gasteiger partial charge >= 0.3 is 5.97 Å². The van der Waals surface area contributed by atoms with E-state index in [1.807, 2.05) is 18.2 Å². The van der Waals surface area contributed by atoms with Crippen LogP contribution in [0.2, 0.25) is 0 Å². The van der Waals surface area contributed by atoms with Crippen LogP contribution in [0.25, 0.3) is 0 Å². The Hall–Kier alpha value is -0.830. The van der Waals surface area contributed by atoms with Crippen LogP contribution in [-0.4, -0.2) is 11.3 Å². The normalized spacial score (nSPS) is 9.93. The van der Waals surface area contributed by atoms with Gasteiger partial charge < -0.3 is 4.74 Å². The number of halogens is 1. The molecule has 0 spiro atoms. The minimum atomic E-state index is -0.143. The van der Waals surface area contributed by atoms with Gasteiger partial charge in [-0.1, -0.05) is 40.5 Å². The Balaban J connectivity index is 2.19. The zero-order valence-electron chi connectivity index (χ0n) is 8.62. The van der Waals surface area contributed by atoms with Crippen LogP contribution in [0.4, 0.5) is 0 Å². The first-order valence-corrected chi connectivity index (χ1v) is 6.27. The number of carbonyl (C=O) groups excluding carboxylic acids is 1. The van der Waals surface area contributed by atoms with Crippen LogP contribution >= 0.6 is 15.9 Å². The van der Waals surface area contributed by atoms with Crippen molar-refractivity contribution in [1.82, 2.24) is 0 Å². The number of unbranched alkanes of at least 4 members (excludes halogenated alkanes) is 2. The second-order valence-electron chi connectivity index (χ2n) is 3.29. The molecule has 1 aromatic rings. The zero-order chi connectivity index (χ0) is 10.9. The van der Waals surface area contributed by atoms with E-state index in [0.717, 1.165) is 24.6 Å². The molecule has 0 bridgehead atoms. The van der Waals surface area contributed by atoms with Gasteiger partial charge in [0.1, 0.15) is 5.75 Å². The molecule has 2 nitrogen and oxygen atoms in total. The van der Waals surface area contributed by atoms with Crippen molar-refractivity contribution in [2.75, 3.05) is 5.33 Å². The zero-order valence-corrected chi connectivity index (χ0v) is 10.2. The van der Waals surface area contributed by atoms with Gasteiger partial charge in [-0.15, -0.1) is 0 Å². The van der Waals surface area contributed by atoms with E-state index >= 15 is 0 Å². The topological polar surface area (TPSA) is 26.3 Å². The highest BCUT2D eigenvalue weighted by molar-refractivity contribution is 9.09. The molecular weight excluding hydrogens is 256 g/mol. The van der Waals surface area contributed by atoms with Crippen LogP contribution in [-0.2, 0) is 4.79 Å². The summed E-state index contributed by atoms with van der Waals surface area (Å²) in [4.78, 5) is 11.3. The van der Waals surface area contributed by atoms with E-state index in [2.05, 4.69) is 15.9 Å². The van der Waals surface area contributed by atoms with E-state index in [-0.39, 0.29) is 5.97 Å². The molecule has 0 heterocycles. The molecule has 0 aromatic heterocycles. The fourth-order valence-corrected chi connectivity index (χ4v) is 1.61.